The predicted molar refractivity (Wildman–Crippen MR) is 206 cm³/mol. The van der Waals surface area contributed by atoms with Gasteiger partial charge in [-0.05, 0) is 26.2 Å². The van der Waals surface area contributed by atoms with E-state index in [0.717, 1.165) is 12.8 Å². The molecule has 8 heteroatoms. The fraction of sp³-hybridized carbons (Fsp3) is 1.00. The molecule has 0 radical (unpaired) electrons. The first-order valence-electron chi connectivity index (χ1n) is 21.3. The predicted octanol–water partition coefficient (Wildman–Crippen LogP) is 12.2. The summed E-state index contributed by atoms with van der Waals surface area (Å²) < 4.78 is 56.2. The van der Waals surface area contributed by atoms with Crippen molar-refractivity contribution in [3.8, 4) is 0 Å². The second kappa shape index (κ2) is 32.4. The van der Waals surface area contributed by atoms with Gasteiger partial charge in [-0.2, -0.15) is 8.42 Å². The van der Waals surface area contributed by atoms with Crippen LogP contribution in [0.5, 0.6) is 0 Å². The number of rotatable bonds is 38. The topological polar surface area (TPSA) is 91.3 Å². The lowest BCUT2D eigenvalue weighted by molar-refractivity contribution is -0.172. The van der Waals surface area contributed by atoms with Crippen LogP contribution in [0.25, 0.3) is 0 Å². The molecule has 0 bridgehead atoms. The molecule has 0 aromatic heterocycles. The molecule has 49 heavy (non-hydrogen) atoms. The second-order valence-corrected chi connectivity index (χ2v) is 16.8. The van der Waals surface area contributed by atoms with Gasteiger partial charge in [0.15, 0.2) is 5.79 Å². The molecule has 0 spiro atoms. The van der Waals surface area contributed by atoms with Crippen LogP contribution in [0.15, 0.2) is 0 Å². The van der Waals surface area contributed by atoms with Gasteiger partial charge in [-0.1, -0.05) is 181 Å². The lowest BCUT2D eigenvalue weighted by Gasteiger charge is -2.23. The third-order valence-corrected chi connectivity index (χ3v) is 10.9. The van der Waals surface area contributed by atoms with Gasteiger partial charge in [-0.25, -0.2) is 0 Å². The Labute approximate surface area is 304 Å². The highest BCUT2D eigenvalue weighted by atomic mass is 32.2. The Hall–Kier alpha value is -0.250. The summed E-state index contributed by atoms with van der Waals surface area (Å²) in [7, 11) is -4.01. The smallest absolute Gasteiger partial charge is 0.264 e. The van der Waals surface area contributed by atoms with E-state index in [2.05, 4.69) is 13.8 Å². The minimum absolute atomic E-state index is 0.251. The normalized spacial score (nSPS) is 19.7. The van der Waals surface area contributed by atoms with Crippen molar-refractivity contribution in [3.63, 3.8) is 0 Å². The number of hydrogen-bond acceptors (Lipinski definition) is 6. The van der Waals surface area contributed by atoms with Crippen LogP contribution in [0.2, 0.25) is 0 Å². The lowest BCUT2D eigenvalue weighted by Crippen LogP contribution is -2.32. The fourth-order valence-corrected chi connectivity index (χ4v) is 7.50. The average molecular weight is 719 g/mol. The zero-order valence-electron chi connectivity index (χ0n) is 32.7. The maximum Gasteiger partial charge on any atom is 0.264 e. The van der Waals surface area contributed by atoms with Gasteiger partial charge >= 0.3 is 0 Å². The Morgan fingerprint density at radius 3 is 1.06 bits per heavy atom. The average Bonchev–Trinajstić information content (AvgIpc) is 3.38. The molecular weight excluding hydrogens is 637 g/mol. The van der Waals surface area contributed by atoms with Crippen LogP contribution in [-0.4, -0.2) is 63.1 Å². The van der Waals surface area contributed by atoms with Gasteiger partial charge in [0.25, 0.3) is 10.1 Å². The fourth-order valence-electron chi connectivity index (χ4n) is 6.99. The molecule has 1 saturated heterocycles. The molecule has 0 aromatic carbocycles. The van der Waals surface area contributed by atoms with Crippen molar-refractivity contribution < 1.29 is 31.9 Å². The van der Waals surface area contributed by atoms with E-state index in [1.54, 1.807) is 0 Å². The molecule has 1 rings (SSSR count). The van der Waals surface area contributed by atoms with Gasteiger partial charge in [0.2, 0.25) is 0 Å². The minimum Gasteiger partial charge on any atom is -0.379 e. The number of hydrogen-bond donors (Lipinski definition) is 1. The molecule has 7 nitrogen and oxygen atoms in total. The van der Waals surface area contributed by atoms with E-state index < -0.39 is 15.9 Å². The van der Waals surface area contributed by atoms with Crippen molar-refractivity contribution in [3.05, 3.63) is 0 Å². The van der Waals surface area contributed by atoms with E-state index in [4.69, 9.17) is 23.5 Å². The van der Waals surface area contributed by atoms with Crippen LogP contribution in [-0.2, 0) is 29.1 Å². The van der Waals surface area contributed by atoms with Gasteiger partial charge in [-0.3, -0.25) is 4.55 Å². The van der Waals surface area contributed by atoms with Crippen molar-refractivity contribution in [2.24, 2.45) is 0 Å². The molecule has 0 aromatic rings. The zero-order chi connectivity index (χ0) is 35.7. The highest BCUT2D eigenvalue weighted by Gasteiger charge is 2.44. The van der Waals surface area contributed by atoms with E-state index in [1.807, 2.05) is 6.92 Å². The first kappa shape index (κ1) is 46.8. The Kier molecular flexibility index (Phi) is 30.9. The van der Waals surface area contributed by atoms with Crippen molar-refractivity contribution in [2.45, 2.75) is 231 Å². The quantitative estimate of drug-likeness (QED) is 0.0502. The van der Waals surface area contributed by atoms with Crippen LogP contribution >= 0.6 is 0 Å². The third kappa shape index (κ3) is 30.0. The molecule has 1 aliphatic heterocycles. The highest BCUT2D eigenvalue weighted by molar-refractivity contribution is 7.85. The van der Waals surface area contributed by atoms with Gasteiger partial charge in [-0.15, -0.1) is 0 Å². The zero-order valence-corrected chi connectivity index (χ0v) is 33.5. The summed E-state index contributed by atoms with van der Waals surface area (Å²) >= 11 is 0. The van der Waals surface area contributed by atoms with Gasteiger partial charge in [0.05, 0.1) is 19.0 Å². The van der Waals surface area contributed by atoms with Crippen molar-refractivity contribution in [2.75, 3.05) is 32.2 Å². The summed E-state index contributed by atoms with van der Waals surface area (Å²) in [5, 5.41) is 0. The molecule has 1 N–H and O–H groups in total. The summed E-state index contributed by atoms with van der Waals surface area (Å²) in [4.78, 5) is 0. The SMILES string of the molecule is CCCCCCCCCCCCCCCCOCC1OC(C)(CCCS(=O)(=O)O)OC1COCCCCCCCCCCCCCCCC. The summed E-state index contributed by atoms with van der Waals surface area (Å²) in [5.74, 6) is -1.20. The molecule has 1 heterocycles. The van der Waals surface area contributed by atoms with Crippen LogP contribution < -0.4 is 0 Å². The Bertz CT molecular complexity index is 762. The van der Waals surface area contributed by atoms with Gasteiger partial charge in [0, 0.05) is 19.6 Å². The molecule has 1 fully saturated rings. The number of ether oxygens (including phenoxy) is 4. The van der Waals surface area contributed by atoms with E-state index in [1.165, 1.54) is 167 Å². The lowest BCUT2D eigenvalue weighted by atomic mass is 10.0. The highest BCUT2D eigenvalue weighted by Crippen LogP contribution is 2.33. The summed E-state index contributed by atoms with van der Waals surface area (Å²) in [6.07, 6.45) is 37.6. The first-order valence-corrected chi connectivity index (χ1v) is 22.9. The molecular formula is C41H82O7S. The summed E-state index contributed by atoms with van der Waals surface area (Å²) in [6.45, 7) is 8.72. The Morgan fingerprint density at radius 1 is 0.490 bits per heavy atom. The minimum atomic E-state index is -4.01. The summed E-state index contributed by atoms with van der Waals surface area (Å²) in [6, 6.07) is 0. The Morgan fingerprint density at radius 2 is 0.776 bits per heavy atom. The van der Waals surface area contributed by atoms with Gasteiger partial charge in [0.1, 0.15) is 12.2 Å². The Balaban J connectivity index is 2.16. The molecule has 294 valence electrons. The van der Waals surface area contributed by atoms with Crippen LogP contribution in [0, 0.1) is 0 Å². The third-order valence-electron chi connectivity index (χ3n) is 10.1. The molecule has 1 aliphatic rings. The molecule has 2 unspecified atom stereocenters. The molecule has 2 atom stereocenters. The van der Waals surface area contributed by atoms with E-state index in [9.17, 15) is 8.42 Å². The van der Waals surface area contributed by atoms with Crippen LogP contribution in [0.3, 0.4) is 0 Å². The number of unbranched alkanes of at least 4 members (excludes halogenated alkanes) is 26. The van der Waals surface area contributed by atoms with E-state index in [0.29, 0.717) is 32.8 Å². The maximum atomic E-state index is 11.2. The second-order valence-electron chi connectivity index (χ2n) is 15.2. The van der Waals surface area contributed by atoms with Crippen molar-refractivity contribution in [1.29, 1.82) is 0 Å². The molecule has 0 saturated carbocycles. The first-order chi connectivity index (χ1) is 23.8. The monoisotopic (exact) mass is 719 g/mol. The largest absolute Gasteiger partial charge is 0.379 e. The van der Waals surface area contributed by atoms with Crippen LogP contribution in [0.1, 0.15) is 213 Å². The molecule has 0 amide bonds. The summed E-state index contributed by atoms with van der Waals surface area (Å²) in [5.41, 5.74) is 0. The van der Waals surface area contributed by atoms with E-state index >= 15 is 0 Å². The molecule has 0 aliphatic carbocycles. The van der Waals surface area contributed by atoms with Gasteiger partial charge < -0.3 is 18.9 Å². The van der Waals surface area contributed by atoms with Crippen molar-refractivity contribution >= 4 is 10.1 Å². The van der Waals surface area contributed by atoms with Crippen molar-refractivity contribution in [1.82, 2.24) is 0 Å². The standard InChI is InChI=1S/C41H82O7S/c1-4-6-8-10-12-14-16-18-20-22-24-26-28-30-34-45-37-39-40(48-41(3,47-39)33-32-36-49(42,43)44)38-46-35-31-29-27-25-23-21-19-17-15-13-11-9-7-5-2/h39-40H,4-38H2,1-3H3,(H,42,43,44). The maximum absolute atomic E-state index is 11.2. The van der Waals surface area contributed by atoms with Crippen LogP contribution in [0.4, 0.5) is 0 Å². The van der Waals surface area contributed by atoms with E-state index in [-0.39, 0.29) is 24.4 Å².